The number of pyridine rings is 1. The minimum Gasteiger partial charge on any atom is -0.473 e. The fourth-order valence-corrected chi connectivity index (χ4v) is 1.47. The van der Waals surface area contributed by atoms with E-state index in [4.69, 9.17) is 15.2 Å². The maximum atomic E-state index is 5.82. The zero-order valence-electron chi connectivity index (χ0n) is 12.8. The van der Waals surface area contributed by atoms with Gasteiger partial charge in [0, 0.05) is 13.1 Å². The predicted molar refractivity (Wildman–Crippen MR) is 82.3 cm³/mol. The second-order valence-electron chi connectivity index (χ2n) is 5.10. The summed E-state index contributed by atoms with van der Waals surface area (Å²) in [5.74, 6) is 1.21. The molecule has 0 aliphatic carbocycles. The Kier molecular flexibility index (Phi) is 7.11. The molecule has 1 aromatic rings. The summed E-state index contributed by atoms with van der Waals surface area (Å²) in [6.45, 7) is 6.88. The normalized spacial score (nSPS) is 11.1. The van der Waals surface area contributed by atoms with Gasteiger partial charge in [-0.05, 0) is 40.1 Å². The van der Waals surface area contributed by atoms with E-state index < -0.39 is 0 Å². The van der Waals surface area contributed by atoms with E-state index in [2.05, 4.69) is 15.2 Å². The second kappa shape index (κ2) is 8.60. The zero-order chi connectivity index (χ0) is 15.0. The summed E-state index contributed by atoms with van der Waals surface area (Å²) < 4.78 is 11.0. The van der Waals surface area contributed by atoms with Gasteiger partial charge in [0.25, 0.3) is 0 Å². The van der Waals surface area contributed by atoms with Crippen LogP contribution in [0.5, 0.6) is 5.88 Å². The number of nitrogens with zero attached hydrogens (tertiary/aromatic N) is 2. The van der Waals surface area contributed by atoms with E-state index in [9.17, 15) is 0 Å². The molecule has 6 heteroatoms. The van der Waals surface area contributed by atoms with Gasteiger partial charge in [-0.15, -0.1) is 0 Å². The monoisotopic (exact) mass is 282 g/mol. The first-order valence-corrected chi connectivity index (χ1v) is 6.88. The molecule has 114 valence electrons. The van der Waals surface area contributed by atoms with Crippen LogP contribution in [0.2, 0.25) is 0 Å². The molecule has 0 spiro atoms. The molecule has 0 fully saturated rings. The number of ether oxygens (including phenoxy) is 2. The molecular formula is C14H26N4O2. The highest BCUT2D eigenvalue weighted by molar-refractivity contribution is 5.53. The molecule has 0 atom stereocenters. The van der Waals surface area contributed by atoms with Crippen molar-refractivity contribution in [2.24, 2.45) is 0 Å². The van der Waals surface area contributed by atoms with Crippen molar-refractivity contribution in [3.8, 4) is 5.88 Å². The molecule has 1 heterocycles. The summed E-state index contributed by atoms with van der Waals surface area (Å²) in [7, 11) is 4.05. The Morgan fingerprint density at radius 3 is 2.70 bits per heavy atom. The molecule has 0 aliphatic rings. The molecule has 0 amide bonds. The number of aromatic nitrogens is 1. The Labute approximate surface area is 121 Å². The summed E-state index contributed by atoms with van der Waals surface area (Å²) >= 11 is 0. The van der Waals surface area contributed by atoms with Crippen LogP contribution in [0.15, 0.2) is 12.1 Å². The van der Waals surface area contributed by atoms with E-state index in [0.29, 0.717) is 24.7 Å². The first kappa shape index (κ1) is 16.5. The highest BCUT2D eigenvalue weighted by atomic mass is 16.5. The predicted octanol–water partition coefficient (Wildman–Crippen LogP) is 1.44. The molecule has 0 aromatic carbocycles. The summed E-state index contributed by atoms with van der Waals surface area (Å²) in [6, 6.07) is 3.63. The van der Waals surface area contributed by atoms with Crippen molar-refractivity contribution in [1.29, 1.82) is 0 Å². The molecule has 0 aliphatic heterocycles. The molecular weight excluding hydrogens is 256 g/mol. The number of hydrogen-bond acceptors (Lipinski definition) is 6. The van der Waals surface area contributed by atoms with Gasteiger partial charge in [0.15, 0.2) is 0 Å². The van der Waals surface area contributed by atoms with Crippen LogP contribution >= 0.6 is 0 Å². The van der Waals surface area contributed by atoms with Crippen LogP contribution in [-0.2, 0) is 4.74 Å². The molecule has 3 N–H and O–H groups in total. The van der Waals surface area contributed by atoms with Crippen molar-refractivity contribution in [2.75, 3.05) is 51.4 Å². The lowest BCUT2D eigenvalue weighted by molar-refractivity contribution is 0.126. The van der Waals surface area contributed by atoms with Gasteiger partial charge in [-0.2, -0.15) is 4.98 Å². The molecule has 0 bridgehead atoms. The van der Waals surface area contributed by atoms with Gasteiger partial charge >= 0.3 is 0 Å². The number of likely N-dealkylation sites (N-methyl/N-ethyl adjacent to an activating group) is 1. The fraction of sp³-hybridized carbons (Fsp3) is 0.643. The number of anilines is 2. The summed E-state index contributed by atoms with van der Waals surface area (Å²) in [4.78, 5) is 6.42. The van der Waals surface area contributed by atoms with E-state index in [1.54, 1.807) is 6.07 Å². The van der Waals surface area contributed by atoms with E-state index in [-0.39, 0.29) is 6.10 Å². The van der Waals surface area contributed by atoms with Crippen molar-refractivity contribution < 1.29 is 9.47 Å². The lowest BCUT2D eigenvalue weighted by Crippen LogP contribution is -2.20. The minimum absolute atomic E-state index is 0.0504. The average molecular weight is 282 g/mol. The number of nitrogens with one attached hydrogen (secondary N) is 1. The highest BCUT2D eigenvalue weighted by Gasteiger charge is 2.06. The molecule has 0 saturated carbocycles. The van der Waals surface area contributed by atoms with Gasteiger partial charge < -0.3 is 25.4 Å². The van der Waals surface area contributed by atoms with Gasteiger partial charge in [-0.1, -0.05) is 0 Å². The molecule has 1 aromatic heterocycles. The molecule has 6 nitrogen and oxygen atoms in total. The third-order valence-corrected chi connectivity index (χ3v) is 2.47. The minimum atomic E-state index is 0.0504. The van der Waals surface area contributed by atoms with Gasteiger partial charge in [-0.3, -0.25) is 0 Å². The number of nitrogens with two attached hydrogens (primary N) is 1. The van der Waals surface area contributed by atoms with Crippen LogP contribution in [0.3, 0.4) is 0 Å². The molecule has 1 rings (SSSR count). The summed E-state index contributed by atoms with van der Waals surface area (Å²) in [5.41, 5.74) is 6.36. The van der Waals surface area contributed by atoms with E-state index in [1.807, 2.05) is 34.0 Å². The number of rotatable bonds is 9. The maximum Gasteiger partial charge on any atom is 0.239 e. The Balaban J connectivity index is 2.33. The Hall–Kier alpha value is -1.53. The van der Waals surface area contributed by atoms with Crippen molar-refractivity contribution in [1.82, 2.24) is 9.88 Å². The van der Waals surface area contributed by atoms with Crippen molar-refractivity contribution in [3.63, 3.8) is 0 Å². The van der Waals surface area contributed by atoms with Crippen molar-refractivity contribution in [3.05, 3.63) is 12.1 Å². The quantitative estimate of drug-likeness (QED) is 0.668. The van der Waals surface area contributed by atoms with Gasteiger partial charge in [0.2, 0.25) is 5.88 Å². The van der Waals surface area contributed by atoms with Gasteiger partial charge in [-0.25, -0.2) is 0 Å². The summed E-state index contributed by atoms with van der Waals surface area (Å²) in [5, 5.41) is 3.19. The molecule has 20 heavy (non-hydrogen) atoms. The lowest BCUT2D eigenvalue weighted by Gasteiger charge is -2.13. The maximum absolute atomic E-state index is 5.82. The number of nitrogen functional groups attached to an aromatic ring is 1. The average Bonchev–Trinajstić information content (AvgIpc) is 2.36. The van der Waals surface area contributed by atoms with Crippen LogP contribution in [0, 0.1) is 0 Å². The topological polar surface area (TPSA) is 72.6 Å². The van der Waals surface area contributed by atoms with E-state index in [0.717, 1.165) is 19.0 Å². The van der Waals surface area contributed by atoms with Gasteiger partial charge in [0.1, 0.15) is 5.82 Å². The fourth-order valence-electron chi connectivity index (χ4n) is 1.47. The first-order valence-electron chi connectivity index (χ1n) is 6.88. The standard InChI is InChI=1S/C14H26N4O2/c1-11(2)20-14-12(15)5-6-13(17-14)16-7-9-19-10-8-18(3)4/h5-6,11H,7-10,15H2,1-4H3,(H,16,17). The van der Waals surface area contributed by atoms with Crippen LogP contribution in [0.1, 0.15) is 13.8 Å². The first-order chi connectivity index (χ1) is 9.49. The number of hydrogen-bond donors (Lipinski definition) is 2. The largest absolute Gasteiger partial charge is 0.473 e. The highest BCUT2D eigenvalue weighted by Crippen LogP contribution is 2.21. The SMILES string of the molecule is CC(C)Oc1nc(NCCOCCN(C)C)ccc1N. The molecule has 0 unspecified atom stereocenters. The summed E-state index contributed by atoms with van der Waals surface area (Å²) in [6.07, 6.45) is 0.0504. The van der Waals surface area contributed by atoms with Crippen LogP contribution in [0.4, 0.5) is 11.5 Å². The van der Waals surface area contributed by atoms with Crippen LogP contribution in [-0.4, -0.2) is 56.4 Å². The second-order valence-corrected chi connectivity index (χ2v) is 5.10. The Morgan fingerprint density at radius 2 is 2.05 bits per heavy atom. The van der Waals surface area contributed by atoms with Crippen LogP contribution in [0.25, 0.3) is 0 Å². The third-order valence-electron chi connectivity index (χ3n) is 2.47. The smallest absolute Gasteiger partial charge is 0.239 e. The van der Waals surface area contributed by atoms with Crippen molar-refractivity contribution >= 4 is 11.5 Å². The van der Waals surface area contributed by atoms with Crippen LogP contribution < -0.4 is 15.8 Å². The third kappa shape index (κ3) is 6.58. The molecule has 0 radical (unpaired) electrons. The Morgan fingerprint density at radius 1 is 1.30 bits per heavy atom. The molecule has 0 saturated heterocycles. The zero-order valence-corrected chi connectivity index (χ0v) is 12.8. The van der Waals surface area contributed by atoms with E-state index >= 15 is 0 Å². The lowest BCUT2D eigenvalue weighted by atomic mass is 10.4. The van der Waals surface area contributed by atoms with Crippen molar-refractivity contribution in [2.45, 2.75) is 20.0 Å². The Bertz CT molecular complexity index is 397. The van der Waals surface area contributed by atoms with Gasteiger partial charge in [0.05, 0.1) is 25.0 Å². The van der Waals surface area contributed by atoms with E-state index in [1.165, 1.54) is 0 Å².